The van der Waals surface area contributed by atoms with Crippen molar-refractivity contribution in [3.8, 4) is 11.5 Å². The van der Waals surface area contributed by atoms with Gasteiger partial charge in [0.2, 0.25) is 5.91 Å². The number of nitrogens with two attached hydrogens (primary N) is 1. The van der Waals surface area contributed by atoms with Gasteiger partial charge in [0.1, 0.15) is 18.8 Å². The minimum atomic E-state index is -0.667. The molecule has 2 aliphatic rings. The Kier molecular flexibility index (Phi) is 7.35. The number of ether oxygens (including phenoxy) is 2. The number of benzene rings is 2. The number of rotatable bonds is 7. The van der Waals surface area contributed by atoms with Crippen molar-refractivity contribution < 1.29 is 19.4 Å². The molecule has 3 N–H and O–H groups in total. The van der Waals surface area contributed by atoms with Gasteiger partial charge in [0.05, 0.1) is 0 Å². The first kappa shape index (κ1) is 23.0. The molecular weight excluding hydrogens is 474 g/mol. The fourth-order valence-electron chi connectivity index (χ4n) is 4.39. The van der Waals surface area contributed by atoms with Crippen LogP contribution in [0.15, 0.2) is 46.9 Å². The van der Waals surface area contributed by atoms with Gasteiger partial charge in [-0.15, -0.1) is 0 Å². The molecule has 1 saturated heterocycles. The van der Waals surface area contributed by atoms with Gasteiger partial charge >= 0.3 is 0 Å². The van der Waals surface area contributed by atoms with Gasteiger partial charge in [-0.05, 0) is 35.7 Å². The van der Waals surface area contributed by atoms with E-state index in [-0.39, 0.29) is 5.91 Å². The smallest absolute Gasteiger partial charge is 0.239 e. The maximum atomic E-state index is 12.3. The molecule has 0 radical (unpaired) electrons. The summed E-state index contributed by atoms with van der Waals surface area (Å²) in [6.07, 6.45) is -0.153. The minimum Gasteiger partial charge on any atom is -0.486 e. The number of hydrogen-bond donors (Lipinski definition) is 2. The first-order chi connectivity index (χ1) is 15.5. The molecule has 0 bridgehead atoms. The van der Waals surface area contributed by atoms with E-state index in [2.05, 4.69) is 32.7 Å². The number of aliphatic hydroxyl groups excluding tert-OH is 1. The lowest BCUT2D eigenvalue weighted by Crippen LogP contribution is -2.54. The largest absolute Gasteiger partial charge is 0.486 e. The summed E-state index contributed by atoms with van der Waals surface area (Å²) in [5.74, 6) is 1.03. The lowest BCUT2D eigenvalue weighted by molar-refractivity contribution is -0.124. The molecule has 2 aromatic carbocycles. The van der Waals surface area contributed by atoms with Crippen LogP contribution in [0.4, 0.5) is 0 Å². The second kappa shape index (κ2) is 10.2. The number of carbonyl (C=O) groups is 1. The molecule has 0 aromatic heterocycles. The van der Waals surface area contributed by atoms with Gasteiger partial charge in [-0.1, -0.05) is 47.1 Å². The van der Waals surface area contributed by atoms with E-state index >= 15 is 0 Å². The molecule has 3 atom stereocenters. The number of aryl methyl sites for hydroxylation is 1. The number of aliphatic hydroxyl groups is 1. The third kappa shape index (κ3) is 5.09. The highest BCUT2D eigenvalue weighted by atomic mass is 79.9. The molecule has 32 heavy (non-hydrogen) atoms. The molecule has 7 nitrogen and oxygen atoms in total. The van der Waals surface area contributed by atoms with Gasteiger partial charge in [-0.3, -0.25) is 14.6 Å². The zero-order chi connectivity index (χ0) is 22.7. The maximum absolute atomic E-state index is 12.3. The summed E-state index contributed by atoms with van der Waals surface area (Å²) >= 11 is 3.60. The average molecular weight is 504 g/mol. The van der Waals surface area contributed by atoms with Gasteiger partial charge in [0.15, 0.2) is 17.6 Å². The molecule has 8 heteroatoms. The van der Waals surface area contributed by atoms with E-state index in [1.165, 1.54) is 5.56 Å². The van der Waals surface area contributed by atoms with E-state index in [0.29, 0.717) is 37.7 Å². The highest BCUT2D eigenvalue weighted by molar-refractivity contribution is 9.10. The predicted octanol–water partition coefficient (Wildman–Crippen LogP) is 2.36. The standard InChI is InChI=1S/C24H30BrN3O4/c1-2-16-7-8-17(13-18(16)25)23(24(26)30)28-11-9-27(10-12-28)14-19(29)22-15-31-20-5-3-4-6-21(20)32-22/h3-8,13,19,22-23,29H,2,9-12,14-15H2,1H3,(H2,26,30). The molecular formula is C24H30BrN3O4. The predicted molar refractivity (Wildman–Crippen MR) is 126 cm³/mol. The van der Waals surface area contributed by atoms with Crippen LogP contribution in [-0.4, -0.2) is 72.4 Å². The lowest BCUT2D eigenvalue weighted by Gasteiger charge is -2.40. The quantitative estimate of drug-likeness (QED) is 0.602. The fraction of sp³-hybridized carbons (Fsp3) is 0.458. The number of nitrogens with zero attached hydrogens (tertiary/aromatic N) is 2. The summed E-state index contributed by atoms with van der Waals surface area (Å²) in [6, 6.07) is 13.1. The van der Waals surface area contributed by atoms with Crippen molar-refractivity contribution in [2.24, 2.45) is 5.73 Å². The van der Waals surface area contributed by atoms with Crippen LogP contribution >= 0.6 is 15.9 Å². The molecule has 2 aromatic rings. The summed E-state index contributed by atoms with van der Waals surface area (Å²) < 4.78 is 12.7. The maximum Gasteiger partial charge on any atom is 0.239 e. The van der Waals surface area contributed by atoms with Crippen molar-refractivity contribution in [1.29, 1.82) is 0 Å². The molecule has 172 valence electrons. The number of carbonyl (C=O) groups excluding carboxylic acids is 1. The first-order valence-corrected chi connectivity index (χ1v) is 11.9. The van der Waals surface area contributed by atoms with Crippen LogP contribution in [0.3, 0.4) is 0 Å². The van der Waals surface area contributed by atoms with Gasteiger partial charge in [-0.2, -0.15) is 0 Å². The molecule has 2 aliphatic heterocycles. The summed E-state index contributed by atoms with van der Waals surface area (Å²) in [4.78, 5) is 16.6. The topological polar surface area (TPSA) is 88.3 Å². The number of piperazine rings is 1. The van der Waals surface area contributed by atoms with Crippen molar-refractivity contribution in [2.45, 2.75) is 31.6 Å². The summed E-state index contributed by atoms with van der Waals surface area (Å²) in [5.41, 5.74) is 7.90. The first-order valence-electron chi connectivity index (χ1n) is 11.1. The van der Waals surface area contributed by atoms with Crippen molar-refractivity contribution in [1.82, 2.24) is 9.80 Å². The molecule has 0 saturated carbocycles. The zero-order valence-corrected chi connectivity index (χ0v) is 19.8. The zero-order valence-electron chi connectivity index (χ0n) is 18.2. The third-order valence-corrected chi connectivity index (χ3v) is 6.96. The monoisotopic (exact) mass is 503 g/mol. The highest BCUT2D eigenvalue weighted by Crippen LogP contribution is 2.32. The number of halogens is 1. The molecule has 1 fully saturated rings. The Morgan fingerprint density at radius 3 is 2.56 bits per heavy atom. The van der Waals surface area contributed by atoms with Gasteiger partial charge in [-0.25, -0.2) is 0 Å². The molecule has 0 spiro atoms. The Hall–Kier alpha value is -2.13. The van der Waals surface area contributed by atoms with Gasteiger partial charge < -0.3 is 20.3 Å². The Morgan fingerprint density at radius 1 is 1.19 bits per heavy atom. The molecule has 1 amide bonds. The SMILES string of the molecule is CCc1ccc(C(C(N)=O)N2CCN(CC(O)C3COc4ccccc4O3)CC2)cc1Br. The van der Waals surface area contributed by atoms with E-state index in [1.54, 1.807) is 0 Å². The third-order valence-electron chi connectivity index (χ3n) is 6.22. The van der Waals surface area contributed by atoms with E-state index < -0.39 is 18.2 Å². The summed E-state index contributed by atoms with van der Waals surface area (Å²) in [7, 11) is 0. The van der Waals surface area contributed by atoms with Crippen LogP contribution in [0.25, 0.3) is 0 Å². The second-order valence-corrected chi connectivity index (χ2v) is 9.18. The average Bonchev–Trinajstić information content (AvgIpc) is 2.80. The lowest BCUT2D eigenvalue weighted by atomic mass is 10.0. The Morgan fingerprint density at radius 2 is 1.91 bits per heavy atom. The van der Waals surface area contributed by atoms with E-state index in [0.717, 1.165) is 29.5 Å². The molecule has 2 heterocycles. The fourth-order valence-corrected chi connectivity index (χ4v) is 5.06. The van der Waals surface area contributed by atoms with Crippen LogP contribution < -0.4 is 15.2 Å². The molecule has 0 aliphatic carbocycles. The van der Waals surface area contributed by atoms with Crippen molar-refractivity contribution >= 4 is 21.8 Å². The van der Waals surface area contributed by atoms with Crippen LogP contribution in [0, 0.1) is 0 Å². The summed E-state index contributed by atoms with van der Waals surface area (Å²) in [5, 5.41) is 10.7. The second-order valence-electron chi connectivity index (χ2n) is 8.33. The van der Waals surface area contributed by atoms with Crippen LogP contribution in [-0.2, 0) is 11.2 Å². The normalized spacial score (nSPS) is 21.2. The number of para-hydroxylation sites is 2. The minimum absolute atomic E-state index is 0.324. The van der Waals surface area contributed by atoms with E-state index in [1.807, 2.05) is 42.5 Å². The van der Waals surface area contributed by atoms with Crippen molar-refractivity contribution in [3.63, 3.8) is 0 Å². The van der Waals surface area contributed by atoms with Crippen LogP contribution in [0.5, 0.6) is 11.5 Å². The highest BCUT2D eigenvalue weighted by Gasteiger charge is 2.32. The van der Waals surface area contributed by atoms with Gasteiger partial charge in [0.25, 0.3) is 0 Å². The van der Waals surface area contributed by atoms with Crippen molar-refractivity contribution in [2.75, 3.05) is 39.3 Å². The molecule has 3 unspecified atom stereocenters. The molecule has 4 rings (SSSR count). The summed E-state index contributed by atoms with van der Waals surface area (Å²) in [6.45, 7) is 5.77. The van der Waals surface area contributed by atoms with Crippen LogP contribution in [0.2, 0.25) is 0 Å². The number of β-amino-alcohol motifs (C(OH)–C–C–N with tert-alkyl or cyclic N) is 1. The van der Waals surface area contributed by atoms with E-state index in [9.17, 15) is 9.90 Å². The number of hydrogen-bond acceptors (Lipinski definition) is 6. The Labute approximate surface area is 197 Å². The van der Waals surface area contributed by atoms with E-state index in [4.69, 9.17) is 15.2 Å². The Balaban J connectivity index is 1.34. The van der Waals surface area contributed by atoms with Crippen LogP contribution in [0.1, 0.15) is 24.1 Å². The number of primary amides is 1. The number of amides is 1. The van der Waals surface area contributed by atoms with Gasteiger partial charge in [0, 0.05) is 37.2 Å². The Bertz CT molecular complexity index is 949. The number of fused-ring (bicyclic) bond motifs is 1. The van der Waals surface area contributed by atoms with Crippen molar-refractivity contribution in [3.05, 3.63) is 58.1 Å².